The first-order valence-electron chi connectivity index (χ1n) is 8.88. The van der Waals surface area contributed by atoms with E-state index in [9.17, 15) is 0 Å². The van der Waals surface area contributed by atoms with Gasteiger partial charge in [-0.15, -0.1) is 0 Å². The van der Waals surface area contributed by atoms with E-state index in [4.69, 9.17) is 4.98 Å². The molecule has 0 aliphatic carbocycles. The Morgan fingerprint density at radius 2 is 1.72 bits per heavy atom. The van der Waals surface area contributed by atoms with E-state index >= 15 is 0 Å². The van der Waals surface area contributed by atoms with Crippen LogP contribution in [0.4, 0.5) is 5.95 Å². The molecule has 0 saturated carbocycles. The third-order valence-electron chi connectivity index (χ3n) is 4.62. The van der Waals surface area contributed by atoms with E-state index in [-0.39, 0.29) is 11.1 Å². The van der Waals surface area contributed by atoms with Gasteiger partial charge in [0.05, 0.1) is 5.69 Å². The lowest BCUT2D eigenvalue weighted by Crippen LogP contribution is -2.60. The monoisotopic (exact) mass is 336 g/mol. The van der Waals surface area contributed by atoms with Crippen molar-refractivity contribution in [2.45, 2.75) is 57.7 Å². The van der Waals surface area contributed by atoms with Crippen LogP contribution in [0.5, 0.6) is 0 Å². The molecule has 1 aromatic carbocycles. The Hall–Kier alpha value is -2.20. The summed E-state index contributed by atoms with van der Waals surface area (Å²) >= 11 is 0. The highest BCUT2D eigenvalue weighted by Gasteiger charge is 2.37. The summed E-state index contributed by atoms with van der Waals surface area (Å²) in [6, 6.07) is 10.5. The Morgan fingerprint density at radius 1 is 1.08 bits per heavy atom. The maximum Gasteiger partial charge on any atom is 0.223 e. The molecule has 2 N–H and O–H groups in total. The van der Waals surface area contributed by atoms with Crippen LogP contribution in [0.3, 0.4) is 0 Å². The topological polar surface area (TPSA) is 49.8 Å². The van der Waals surface area contributed by atoms with E-state index in [0.29, 0.717) is 12.0 Å². The Bertz CT molecular complexity index is 731. The molecule has 1 aliphatic rings. The van der Waals surface area contributed by atoms with Crippen molar-refractivity contribution in [3.8, 4) is 11.3 Å². The van der Waals surface area contributed by atoms with Crippen molar-refractivity contribution in [2.75, 3.05) is 5.32 Å². The van der Waals surface area contributed by atoms with Crippen LogP contribution in [0.1, 0.15) is 46.1 Å². The molecule has 1 aliphatic heterocycles. The van der Waals surface area contributed by atoms with Gasteiger partial charge in [-0.25, -0.2) is 9.97 Å². The van der Waals surface area contributed by atoms with E-state index in [1.54, 1.807) is 0 Å². The van der Waals surface area contributed by atoms with E-state index in [1.165, 1.54) is 0 Å². The minimum atomic E-state index is 0.0948. The number of rotatable bonds is 4. The molecule has 4 nitrogen and oxygen atoms in total. The van der Waals surface area contributed by atoms with E-state index in [0.717, 1.165) is 29.7 Å². The average Bonchev–Trinajstić information content (AvgIpc) is 2.52. The lowest BCUT2D eigenvalue weighted by Gasteiger charge is -2.46. The molecule has 1 fully saturated rings. The van der Waals surface area contributed by atoms with E-state index < -0.39 is 0 Å². The lowest BCUT2D eigenvalue weighted by atomic mass is 9.80. The molecule has 1 saturated heterocycles. The van der Waals surface area contributed by atoms with Crippen LogP contribution in [-0.2, 0) is 0 Å². The second kappa shape index (κ2) is 6.60. The smallest absolute Gasteiger partial charge is 0.223 e. The largest absolute Gasteiger partial charge is 0.351 e. The van der Waals surface area contributed by atoms with Gasteiger partial charge in [-0.2, -0.15) is 0 Å². The van der Waals surface area contributed by atoms with E-state index in [2.05, 4.69) is 74.2 Å². The van der Waals surface area contributed by atoms with Crippen LogP contribution in [-0.4, -0.2) is 27.1 Å². The Morgan fingerprint density at radius 3 is 2.32 bits per heavy atom. The lowest BCUT2D eigenvalue weighted by molar-refractivity contribution is 0.170. The quantitative estimate of drug-likeness (QED) is 0.862. The SMILES string of the molecule is C=Cc1ccc(-c2ccnc(NC3CC(C)(C)NC(C)(C)C3)n2)cc1. The number of aromatic nitrogens is 2. The zero-order valence-electron chi connectivity index (χ0n) is 15.6. The van der Waals surface area contributed by atoms with Crippen LogP contribution >= 0.6 is 0 Å². The van der Waals surface area contributed by atoms with Crippen molar-refractivity contribution in [1.29, 1.82) is 0 Å². The van der Waals surface area contributed by atoms with Gasteiger partial charge in [0.2, 0.25) is 5.95 Å². The first kappa shape index (κ1) is 17.6. The number of nitrogens with one attached hydrogen (secondary N) is 2. The van der Waals surface area contributed by atoms with Crippen molar-refractivity contribution >= 4 is 12.0 Å². The fraction of sp³-hybridized carbons (Fsp3) is 0.429. The van der Waals surface area contributed by atoms with Crippen LogP contribution in [0.15, 0.2) is 43.1 Å². The summed E-state index contributed by atoms with van der Waals surface area (Å²) in [4.78, 5) is 9.15. The molecule has 0 spiro atoms. The fourth-order valence-corrected chi connectivity index (χ4v) is 3.99. The Labute approximate surface area is 150 Å². The number of hydrogen-bond acceptors (Lipinski definition) is 4. The second-order valence-corrected chi connectivity index (χ2v) is 8.23. The molecule has 0 unspecified atom stereocenters. The van der Waals surface area contributed by atoms with Crippen LogP contribution in [0.25, 0.3) is 17.3 Å². The molecule has 3 rings (SSSR count). The first-order valence-corrected chi connectivity index (χ1v) is 8.88. The highest BCUT2D eigenvalue weighted by atomic mass is 15.1. The van der Waals surface area contributed by atoms with Crippen molar-refractivity contribution < 1.29 is 0 Å². The van der Waals surface area contributed by atoms with Gasteiger partial charge >= 0.3 is 0 Å². The summed E-state index contributed by atoms with van der Waals surface area (Å²) in [5.74, 6) is 0.698. The van der Waals surface area contributed by atoms with Crippen molar-refractivity contribution in [2.24, 2.45) is 0 Å². The van der Waals surface area contributed by atoms with Crippen molar-refractivity contribution in [1.82, 2.24) is 15.3 Å². The zero-order valence-corrected chi connectivity index (χ0v) is 15.6. The molecule has 4 heteroatoms. The van der Waals surface area contributed by atoms with E-state index in [1.807, 2.05) is 18.3 Å². The van der Waals surface area contributed by atoms with Gasteiger partial charge in [0, 0.05) is 28.9 Å². The minimum absolute atomic E-state index is 0.0948. The average molecular weight is 336 g/mol. The summed E-state index contributed by atoms with van der Waals surface area (Å²) in [7, 11) is 0. The Balaban J connectivity index is 1.78. The van der Waals surface area contributed by atoms with Gasteiger partial charge in [0.15, 0.2) is 0 Å². The molecule has 0 bridgehead atoms. The molecule has 25 heavy (non-hydrogen) atoms. The van der Waals surface area contributed by atoms with Gasteiger partial charge < -0.3 is 10.6 Å². The predicted octanol–water partition coefficient (Wildman–Crippen LogP) is 4.51. The van der Waals surface area contributed by atoms with Crippen LogP contribution in [0, 0.1) is 0 Å². The first-order chi connectivity index (χ1) is 11.8. The fourth-order valence-electron chi connectivity index (χ4n) is 3.99. The number of nitrogens with zero attached hydrogens (tertiary/aromatic N) is 2. The molecular formula is C21H28N4. The molecule has 0 radical (unpaired) electrons. The maximum absolute atomic E-state index is 4.72. The number of benzene rings is 1. The zero-order chi connectivity index (χ0) is 18.1. The standard InChI is InChI=1S/C21H28N4/c1-6-15-7-9-16(10-8-15)18-11-12-22-19(24-18)23-17-13-20(2,3)25-21(4,5)14-17/h6-12,17,25H,1,13-14H2,2-5H3,(H,22,23,24). The molecule has 2 heterocycles. The third kappa shape index (κ3) is 4.45. The van der Waals surface area contributed by atoms with Gasteiger partial charge in [0.25, 0.3) is 0 Å². The molecule has 132 valence electrons. The molecular weight excluding hydrogens is 308 g/mol. The normalized spacial score (nSPS) is 19.4. The number of anilines is 1. The highest BCUT2D eigenvalue weighted by Crippen LogP contribution is 2.30. The molecule has 0 atom stereocenters. The summed E-state index contributed by atoms with van der Waals surface area (Å²) in [5.41, 5.74) is 3.31. The highest BCUT2D eigenvalue weighted by molar-refractivity contribution is 5.62. The second-order valence-electron chi connectivity index (χ2n) is 8.23. The number of hydrogen-bond donors (Lipinski definition) is 2. The summed E-state index contributed by atoms with van der Waals surface area (Å²) in [6.45, 7) is 12.8. The molecule has 1 aromatic heterocycles. The van der Waals surface area contributed by atoms with Gasteiger partial charge in [-0.3, -0.25) is 0 Å². The van der Waals surface area contributed by atoms with Crippen molar-refractivity contribution in [3.05, 3.63) is 48.7 Å². The van der Waals surface area contributed by atoms with Crippen molar-refractivity contribution in [3.63, 3.8) is 0 Å². The molecule has 0 amide bonds. The van der Waals surface area contributed by atoms with Gasteiger partial charge in [-0.05, 0) is 52.2 Å². The molecule has 2 aromatic rings. The third-order valence-corrected chi connectivity index (χ3v) is 4.62. The van der Waals surface area contributed by atoms with Gasteiger partial charge in [-0.1, -0.05) is 36.9 Å². The van der Waals surface area contributed by atoms with Gasteiger partial charge in [0.1, 0.15) is 0 Å². The summed E-state index contributed by atoms with van der Waals surface area (Å²) in [6.07, 6.45) is 5.75. The summed E-state index contributed by atoms with van der Waals surface area (Å²) < 4.78 is 0. The number of piperidine rings is 1. The van der Waals surface area contributed by atoms with Crippen LogP contribution in [0.2, 0.25) is 0 Å². The predicted molar refractivity (Wildman–Crippen MR) is 105 cm³/mol. The Kier molecular flexibility index (Phi) is 4.65. The summed E-state index contributed by atoms with van der Waals surface area (Å²) in [5, 5.41) is 7.25. The minimum Gasteiger partial charge on any atom is -0.351 e. The van der Waals surface area contributed by atoms with Crippen LogP contribution < -0.4 is 10.6 Å². The maximum atomic E-state index is 4.72.